The van der Waals surface area contributed by atoms with Gasteiger partial charge in [0.15, 0.2) is 0 Å². The predicted octanol–water partition coefficient (Wildman–Crippen LogP) is 1.28. The van der Waals surface area contributed by atoms with E-state index in [4.69, 9.17) is 21.6 Å². The Bertz CT molecular complexity index is 589. The van der Waals surface area contributed by atoms with E-state index in [1.54, 1.807) is 0 Å². The van der Waals surface area contributed by atoms with Crippen molar-refractivity contribution >= 4 is 21.6 Å². The van der Waals surface area contributed by atoms with E-state index in [0.29, 0.717) is 25.2 Å². The molecule has 1 saturated heterocycles. The highest BCUT2D eigenvalue weighted by molar-refractivity contribution is 7.89. The van der Waals surface area contributed by atoms with Gasteiger partial charge in [0.25, 0.3) is 0 Å². The summed E-state index contributed by atoms with van der Waals surface area (Å²) in [6.45, 7) is 0.918. The van der Waals surface area contributed by atoms with Crippen LogP contribution in [0.5, 0.6) is 0 Å². The minimum atomic E-state index is -3.67. The fourth-order valence-electron chi connectivity index (χ4n) is 1.70. The van der Waals surface area contributed by atoms with Gasteiger partial charge in [-0.15, -0.1) is 0 Å². The maximum absolute atomic E-state index is 12.1. The molecule has 0 aliphatic carbocycles. The van der Waals surface area contributed by atoms with Crippen molar-refractivity contribution in [2.75, 3.05) is 13.2 Å². The van der Waals surface area contributed by atoms with Gasteiger partial charge in [-0.05, 0) is 24.6 Å². The maximum atomic E-state index is 12.1. The topological polar surface area (TPSA) is 79.2 Å². The molecule has 1 fully saturated rings. The van der Waals surface area contributed by atoms with E-state index in [1.807, 2.05) is 6.07 Å². The highest BCUT2D eigenvalue weighted by atomic mass is 35.5. The van der Waals surface area contributed by atoms with E-state index in [9.17, 15) is 8.42 Å². The lowest BCUT2D eigenvalue weighted by Crippen LogP contribution is -2.35. The average molecular weight is 287 g/mol. The second-order valence-corrected chi connectivity index (χ2v) is 6.03. The van der Waals surface area contributed by atoms with Crippen LogP contribution >= 0.6 is 11.6 Å². The first-order valence-corrected chi connectivity index (χ1v) is 7.19. The number of benzene rings is 1. The van der Waals surface area contributed by atoms with Gasteiger partial charge in [0.1, 0.15) is 4.90 Å². The molecule has 0 aromatic heterocycles. The van der Waals surface area contributed by atoms with E-state index in [2.05, 4.69) is 4.72 Å². The average Bonchev–Trinajstić information content (AvgIpc) is 2.80. The van der Waals surface area contributed by atoms with Crippen LogP contribution in [0.4, 0.5) is 0 Å². The van der Waals surface area contributed by atoms with E-state index in [0.717, 1.165) is 0 Å². The largest absolute Gasteiger partial charge is 0.380 e. The first-order valence-electron chi connectivity index (χ1n) is 5.32. The zero-order valence-corrected chi connectivity index (χ0v) is 11.0. The molecule has 18 heavy (non-hydrogen) atoms. The third-order valence-corrected chi connectivity index (χ3v) is 4.61. The summed E-state index contributed by atoms with van der Waals surface area (Å²) in [6, 6.07) is 5.77. The summed E-state index contributed by atoms with van der Waals surface area (Å²) in [5.74, 6) is 0. The van der Waals surface area contributed by atoms with Gasteiger partial charge in [0.05, 0.1) is 23.3 Å². The summed E-state index contributed by atoms with van der Waals surface area (Å²) in [5.41, 5.74) is 0.322. The van der Waals surface area contributed by atoms with Gasteiger partial charge in [0.2, 0.25) is 10.0 Å². The van der Waals surface area contributed by atoms with Crippen LogP contribution in [-0.2, 0) is 14.8 Å². The first kappa shape index (κ1) is 13.3. The molecular formula is C11H11ClN2O3S. The number of hydrogen-bond acceptors (Lipinski definition) is 4. The van der Waals surface area contributed by atoms with Crippen LogP contribution < -0.4 is 4.72 Å². The molecule has 0 spiro atoms. The van der Waals surface area contributed by atoms with Crippen LogP contribution in [0.1, 0.15) is 12.0 Å². The summed E-state index contributed by atoms with van der Waals surface area (Å²) < 4.78 is 31.8. The van der Waals surface area contributed by atoms with Gasteiger partial charge in [0, 0.05) is 12.6 Å². The Balaban J connectivity index is 2.27. The normalized spacial score (nSPS) is 19.7. The quantitative estimate of drug-likeness (QED) is 0.908. The zero-order valence-electron chi connectivity index (χ0n) is 9.39. The Kier molecular flexibility index (Phi) is 3.88. The van der Waals surface area contributed by atoms with Crippen molar-refractivity contribution < 1.29 is 13.2 Å². The molecule has 0 unspecified atom stereocenters. The number of sulfonamides is 1. The van der Waals surface area contributed by atoms with Crippen LogP contribution in [0.3, 0.4) is 0 Å². The van der Waals surface area contributed by atoms with Crippen LogP contribution in [0, 0.1) is 11.3 Å². The monoisotopic (exact) mass is 286 g/mol. The van der Waals surface area contributed by atoms with Crippen LogP contribution in [-0.4, -0.2) is 27.7 Å². The molecule has 5 nitrogen and oxygen atoms in total. The molecule has 0 amide bonds. The minimum Gasteiger partial charge on any atom is -0.380 e. The van der Waals surface area contributed by atoms with Crippen LogP contribution in [0.2, 0.25) is 5.02 Å². The molecule has 2 rings (SSSR count). The molecule has 1 aliphatic heterocycles. The lowest BCUT2D eigenvalue weighted by molar-refractivity contribution is 0.192. The first-order chi connectivity index (χ1) is 8.53. The van der Waals surface area contributed by atoms with Crippen LogP contribution in [0.15, 0.2) is 23.1 Å². The molecule has 1 N–H and O–H groups in total. The summed E-state index contributed by atoms with van der Waals surface area (Å²) >= 11 is 5.88. The molecular weight excluding hydrogens is 276 g/mol. The van der Waals surface area contributed by atoms with Crippen molar-refractivity contribution in [1.82, 2.24) is 4.72 Å². The molecule has 1 aromatic rings. The van der Waals surface area contributed by atoms with Crippen molar-refractivity contribution in [3.05, 3.63) is 28.8 Å². The molecule has 1 atom stereocenters. The van der Waals surface area contributed by atoms with Crippen molar-refractivity contribution in [2.45, 2.75) is 17.4 Å². The Morgan fingerprint density at radius 3 is 2.83 bits per heavy atom. The fraction of sp³-hybridized carbons (Fsp3) is 0.364. The number of nitrogens with zero attached hydrogens (tertiary/aromatic N) is 1. The summed E-state index contributed by atoms with van der Waals surface area (Å²) in [7, 11) is -3.67. The molecule has 96 valence electrons. The van der Waals surface area contributed by atoms with E-state index in [1.165, 1.54) is 18.2 Å². The van der Waals surface area contributed by atoms with E-state index in [-0.39, 0.29) is 16.0 Å². The molecule has 1 aromatic carbocycles. The second-order valence-electron chi connectivity index (χ2n) is 3.94. The second kappa shape index (κ2) is 5.24. The molecule has 7 heteroatoms. The lowest BCUT2D eigenvalue weighted by atomic mass is 10.2. The number of hydrogen-bond donors (Lipinski definition) is 1. The summed E-state index contributed by atoms with van der Waals surface area (Å²) in [5, 5.41) is 8.74. The van der Waals surface area contributed by atoms with Gasteiger partial charge >= 0.3 is 0 Å². The molecule has 0 radical (unpaired) electrons. The number of nitrogens with one attached hydrogen (secondary N) is 1. The minimum absolute atomic E-state index is 0.0185. The highest BCUT2D eigenvalue weighted by Gasteiger charge is 2.25. The number of halogens is 1. The third kappa shape index (κ3) is 2.82. The fourth-order valence-corrected chi connectivity index (χ4v) is 3.50. The van der Waals surface area contributed by atoms with Gasteiger partial charge in [-0.2, -0.15) is 5.26 Å². The van der Waals surface area contributed by atoms with Gasteiger partial charge in [-0.3, -0.25) is 0 Å². The maximum Gasteiger partial charge on any atom is 0.242 e. The van der Waals surface area contributed by atoms with Crippen molar-refractivity contribution in [2.24, 2.45) is 0 Å². The third-order valence-electron chi connectivity index (χ3n) is 2.60. The molecule has 1 heterocycles. The number of ether oxygens (including phenoxy) is 1. The Hall–Kier alpha value is -1.13. The van der Waals surface area contributed by atoms with Crippen molar-refractivity contribution in [1.29, 1.82) is 5.26 Å². The molecule has 0 bridgehead atoms. The smallest absolute Gasteiger partial charge is 0.242 e. The van der Waals surface area contributed by atoms with Crippen molar-refractivity contribution in [3.63, 3.8) is 0 Å². The Morgan fingerprint density at radius 1 is 1.50 bits per heavy atom. The standard InChI is InChI=1S/C11H11ClN2O3S/c12-10-5-8(6-13)1-2-11(10)18(15,16)14-9-3-4-17-7-9/h1-2,5,9,14H,3-4,7H2/t9-/m0/s1. The highest BCUT2D eigenvalue weighted by Crippen LogP contribution is 2.23. The van der Waals surface area contributed by atoms with Crippen molar-refractivity contribution in [3.8, 4) is 6.07 Å². The number of nitriles is 1. The lowest BCUT2D eigenvalue weighted by Gasteiger charge is -2.12. The predicted molar refractivity (Wildman–Crippen MR) is 65.7 cm³/mol. The summed E-state index contributed by atoms with van der Waals surface area (Å²) in [6.07, 6.45) is 0.646. The Morgan fingerprint density at radius 2 is 2.28 bits per heavy atom. The zero-order chi connectivity index (χ0) is 13.2. The summed E-state index contributed by atoms with van der Waals surface area (Å²) in [4.78, 5) is -0.0185. The number of rotatable bonds is 3. The molecule has 1 aliphatic rings. The SMILES string of the molecule is N#Cc1ccc(S(=O)(=O)N[C@H]2CCOC2)c(Cl)c1. The molecule has 0 saturated carbocycles. The van der Waals surface area contributed by atoms with Gasteiger partial charge in [-0.1, -0.05) is 11.6 Å². The van der Waals surface area contributed by atoms with Crippen LogP contribution in [0.25, 0.3) is 0 Å². The van der Waals surface area contributed by atoms with E-state index < -0.39 is 10.0 Å². The Labute approximate surface area is 110 Å². The van der Waals surface area contributed by atoms with Gasteiger partial charge in [-0.25, -0.2) is 13.1 Å². The van der Waals surface area contributed by atoms with Gasteiger partial charge < -0.3 is 4.74 Å². The van der Waals surface area contributed by atoms with E-state index >= 15 is 0 Å².